The van der Waals surface area contributed by atoms with Crippen LogP contribution in [0, 0.1) is 19.8 Å². The Bertz CT molecular complexity index is 934. The minimum absolute atomic E-state index is 0.219. The molecule has 0 aliphatic carbocycles. The molecule has 2 heterocycles. The Labute approximate surface area is 160 Å². The molecule has 1 amide bonds. The Hall–Kier alpha value is -2.25. The highest BCUT2D eigenvalue weighted by Gasteiger charge is 2.30. The maximum Gasteiger partial charge on any atom is 0.255 e. The molecule has 6 nitrogen and oxygen atoms in total. The molecular formula is C20H25N3O3S. The number of nitrogens with zero attached hydrogens (tertiary/aromatic N) is 2. The van der Waals surface area contributed by atoms with Gasteiger partial charge in [0.15, 0.2) is 0 Å². The van der Waals surface area contributed by atoms with Gasteiger partial charge < -0.3 is 5.32 Å². The number of hydrogen-bond donors (Lipinski definition) is 1. The molecule has 1 fully saturated rings. The zero-order valence-electron chi connectivity index (χ0n) is 15.9. The molecule has 0 spiro atoms. The Morgan fingerprint density at radius 2 is 1.78 bits per heavy atom. The van der Waals surface area contributed by atoms with E-state index in [0.717, 1.165) is 18.4 Å². The molecule has 0 atom stereocenters. The molecule has 3 rings (SSSR count). The second kappa shape index (κ2) is 7.78. The van der Waals surface area contributed by atoms with Crippen molar-refractivity contribution in [3.05, 3.63) is 53.3 Å². The van der Waals surface area contributed by atoms with Crippen LogP contribution in [-0.4, -0.2) is 36.7 Å². The maximum absolute atomic E-state index is 13.2. The number of piperidine rings is 1. The molecule has 27 heavy (non-hydrogen) atoms. The number of rotatable bonds is 4. The number of carbonyl (C=O) groups excluding carboxylic acids is 1. The van der Waals surface area contributed by atoms with Gasteiger partial charge >= 0.3 is 0 Å². The fourth-order valence-corrected chi connectivity index (χ4v) is 5.02. The number of carbonyl (C=O) groups is 1. The first kappa shape index (κ1) is 19.5. The van der Waals surface area contributed by atoms with Crippen LogP contribution in [0.3, 0.4) is 0 Å². The largest absolute Gasteiger partial charge is 0.322 e. The van der Waals surface area contributed by atoms with Crippen molar-refractivity contribution in [2.45, 2.75) is 38.5 Å². The molecule has 1 aromatic heterocycles. The molecule has 1 N–H and O–H groups in total. The number of anilines is 1. The van der Waals surface area contributed by atoms with Crippen LogP contribution in [0.4, 0.5) is 5.69 Å². The lowest BCUT2D eigenvalue weighted by atomic mass is 10.0. The van der Waals surface area contributed by atoms with Crippen LogP contribution in [0.15, 0.2) is 41.6 Å². The molecule has 1 aliphatic rings. The van der Waals surface area contributed by atoms with Crippen LogP contribution in [0.5, 0.6) is 0 Å². The van der Waals surface area contributed by atoms with Gasteiger partial charge in [0.05, 0.1) is 4.90 Å². The number of hydrogen-bond acceptors (Lipinski definition) is 4. The van der Waals surface area contributed by atoms with E-state index in [1.165, 1.54) is 6.07 Å². The van der Waals surface area contributed by atoms with E-state index in [9.17, 15) is 13.2 Å². The van der Waals surface area contributed by atoms with Crippen LogP contribution < -0.4 is 5.32 Å². The first-order chi connectivity index (χ1) is 12.8. The SMILES string of the molecule is Cc1cc(C(=O)Nc2ccncc2)cc(S(=O)(=O)N2CCC(C)CC2)c1C. The molecule has 1 aromatic carbocycles. The van der Waals surface area contributed by atoms with Crippen LogP contribution in [0.25, 0.3) is 0 Å². The van der Waals surface area contributed by atoms with Crippen LogP contribution in [0.1, 0.15) is 41.3 Å². The summed E-state index contributed by atoms with van der Waals surface area (Å²) in [6.07, 6.45) is 4.89. The van der Waals surface area contributed by atoms with Crippen LogP contribution in [-0.2, 0) is 10.0 Å². The fourth-order valence-electron chi connectivity index (χ4n) is 3.23. The average molecular weight is 388 g/mol. The number of aryl methyl sites for hydroxylation is 1. The van der Waals surface area contributed by atoms with Gasteiger partial charge in [-0.15, -0.1) is 0 Å². The number of sulfonamides is 1. The van der Waals surface area contributed by atoms with Crippen molar-refractivity contribution < 1.29 is 13.2 Å². The Morgan fingerprint density at radius 1 is 1.15 bits per heavy atom. The number of amides is 1. The number of aromatic nitrogens is 1. The lowest BCUT2D eigenvalue weighted by molar-refractivity contribution is 0.102. The van der Waals surface area contributed by atoms with E-state index >= 15 is 0 Å². The third-order valence-electron chi connectivity index (χ3n) is 5.18. The first-order valence-electron chi connectivity index (χ1n) is 9.12. The minimum Gasteiger partial charge on any atom is -0.322 e. The van der Waals surface area contributed by atoms with Crippen LogP contribution >= 0.6 is 0 Å². The molecule has 7 heteroatoms. The second-order valence-corrected chi connectivity index (χ2v) is 9.10. The molecule has 0 unspecified atom stereocenters. The Balaban J connectivity index is 1.93. The van der Waals surface area contributed by atoms with Crippen molar-refractivity contribution in [1.29, 1.82) is 0 Å². The molecule has 0 bridgehead atoms. The van der Waals surface area contributed by atoms with Gasteiger partial charge in [0.1, 0.15) is 0 Å². The predicted octanol–water partition coefficient (Wildman–Crippen LogP) is 3.37. The highest BCUT2D eigenvalue weighted by atomic mass is 32.2. The summed E-state index contributed by atoms with van der Waals surface area (Å²) in [4.78, 5) is 16.8. The number of benzene rings is 1. The second-order valence-electron chi connectivity index (χ2n) is 7.19. The van der Waals surface area contributed by atoms with Crippen molar-refractivity contribution in [2.24, 2.45) is 5.92 Å². The molecule has 2 aromatic rings. The van der Waals surface area contributed by atoms with E-state index in [1.807, 2.05) is 6.92 Å². The fraction of sp³-hybridized carbons (Fsp3) is 0.400. The van der Waals surface area contributed by atoms with E-state index in [4.69, 9.17) is 0 Å². The maximum atomic E-state index is 13.2. The average Bonchev–Trinajstić information content (AvgIpc) is 2.64. The standard InChI is InChI=1S/C20H25N3O3S/c1-14-6-10-23(11-7-14)27(25,26)19-13-17(12-15(2)16(19)3)20(24)22-18-4-8-21-9-5-18/h4-5,8-9,12-14H,6-7,10-11H2,1-3H3,(H,21,22,24). The van der Waals surface area contributed by atoms with Crippen molar-refractivity contribution >= 4 is 21.6 Å². The molecule has 0 saturated carbocycles. The van der Waals surface area contributed by atoms with Gasteiger partial charge in [0.2, 0.25) is 10.0 Å². The van der Waals surface area contributed by atoms with Crippen molar-refractivity contribution in [3.63, 3.8) is 0 Å². The zero-order valence-corrected chi connectivity index (χ0v) is 16.7. The third kappa shape index (κ3) is 4.20. The lowest BCUT2D eigenvalue weighted by Gasteiger charge is -2.30. The summed E-state index contributed by atoms with van der Waals surface area (Å²) in [5.74, 6) is 0.199. The van der Waals surface area contributed by atoms with Gasteiger partial charge in [-0.05, 0) is 68.0 Å². The summed E-state index contributed by atoms with van der Waals surface area (Å²) in [7, 11) is -3.62. The van der Waals surface area contributed by atoms with Gasteiger partial charge in [0.25, 0.3) is 5.91 Å². The van der Waals surface area contributed by atoms with Gasteiger partial charge in [-0.1, -0.05) is 6.92 Å². The summed E-state index contributed by atoms with van der Waals surface area (Å²) in [5, 5.41) is 2.78. The first-order valence-corrected chi connectivity index (χ1v) is 10.6. The monoisotopic (exact) mass is 387 g/mol. The minimum atomic E-state index is -3.62. The summed E-state index contributed by atoms with van der Waals surface area (Å²) >= 11 is 0. The van der Waals surface area contributed by atoms with Crippen molar-refractivity contribution in [1.82, 2.24) is 9.29 Å². The van der Waals surface area contributed by atoms with Gasteiger partial charge in [0, 0.05) is 36.7 Å². The number of pyridine rings is 1. The quantitative estimate of drug-likeness (QED) is 0.872. The van der Waals surface area contributed by atoms with Crippen molar-refractivity contribution in [2.75, 3.05) is 18.4 Å². The number of nitrogens with one attached hydrogen (secondary N) is 1. The van der Waals surface area contributed by atoms with Gasteiger partial charge in [-0.2, -0.15) is 4.31 Å². The van der Waals surface area contributed by atoms with E-state index in [2.05, 4.69) is 17.2 Å². The topological polar surface area (TPSA) is 79.4 Å². The molecule has 0 radical (unpaired) electrons. The molecule has 144 valence electrons. The summed E-state index contributed by atoms with van der Waals surface area (Å²) in [6, 6.07) is 6.59. The van der Waals surface area contributed by atoms with E-state index < -0.39 is 10.0 Å². The summed E-state index contributed by atoms with van der Waals surface area (Å²) in [5.41, 5.74) is 2.41. The van der Waals surface area contributed by atoms with E-state index in [1.54, 1.807) is 41.8 Å². The lowest BCUT2D eigenvalue weighted by Crippen LogP contribution is -2.38. The summed E-state index contributed by atoms with van der Waals surface area (Å²) in [6.45, 7) is 6.81. The molecule has 1 saturated heterocycles. The predicted molar refractivity (Wildman–Crippen MR) is 105 cm³/mol. The highest BCUT2D eigenvalue weighted by Crippen LogP contribution is 2.28. The highest BCUT2D eigenvalue weighted by molar-refractivity contribution is 7.89. The molecular weight excluding hydrogens is 362 g/mol. The normalized spacial score (nSPS) is 16.3. The van der Waals surface area contributed by atoms with Gasteiger partial charge in [-0.3, -0.25) is 9.78 Å². The van der Waals surface area contributed by atoms with Gasteiger partial charge in [-0.25, -0.2) is 8.42 Å². The van der Waals surface area contributed by atoms with E-state index in [0.29, 0.717) is 35.8 Å². The smallest absolute Gasteiger partial charge is 0.255 e. The van der Waals surface area contributed by atoms with Crippen molar-refractivity contribution in [3.8, 4) is 0 Å². The molecule has 1 aliphatic heterocycles. The summed E-state index contributed by atoms with van der Waals surface area (Å²) < 4.78 is 27.9. The Morgan fingerprint density at radius 3 is 2.41 bits per heavy atom. The Kier molecular flexibility index (Phi) is 5.62. The zero-order chi connectivity index (χ0) is 19.6. The van der Waals surface area contributed by atoms with Crippen LogP contribution in [0.2, 0.25) is 0 Å². The third-order valence-corrected chi connectivity index (χ3v) is 7.21. The van der Waals surface area contributed by atoms with E-state index in [-0.39, 0.29) is 10.8 Å².